The summed E-state index contributed by atoms with van der Waals surface area (Å²) in [4.78, 5) is 1.35. The first-order valence-corrected chi connectivity index (χ1v) is 7.91. The zero-order valence-corrected chi connectivity index (χ0v) is 12.9. The Balaban J connectivity index is 1.78. The van der Waals surface area contributed by atoms with Crippen LogP contribution in [0.4, 0.5) is 0 Å². The fourth-order valence-corrected chi connectivity index (χ4v) is 3.58. The second-order valence-corrected chi connectivity index (χ2v) is 7.18. The molecule has 0 bridgehead atoms. The third-order valence-electron chi connectivity index (χ3n) is 3.83. The van der Waals surface area contributed by atoms with E-state index < -0.39 is 5.60 Å². The van der Waals surface area contributed by atoms with Crippen molar-refractivity contribution in [1.82, 2.24) is 5.32 Å². The van der Waals surface area contributed by atoms with Gasteiger partial charge in [-0.15, -0.1) is 11.3 Å². The molecule has 0 spiro atoms. The third-order valence-corrected chi connectivity index (χ3v) is 4.88. The van der Waals surface area contributed by atoms with Crippen molar-refractivity contribution in [2.75, 3.05) is 13.2 Å². The van der Waals surface area contributed by atoms with Crippen molar-refractivity contribution in [2.24, 2.45) is 0 Å². The summed E-state index contributed by atoms with van der Waals surface area (Å²) in [6.45, 7) is 7.77. The highest BCUT2D eigenvalue weighted by Crippen LogP contribution is 2.34. The molecule has 108 valence electrons. The van der Waals surface area contributed by atoms with Gasteiger partial charge in [0.2, 0.25) is 0 Å². The van der Waals surface area contributed by atoms with E-state index in [4.69, 9.17) is 4.74 Å². The summed E-state index contributed by atoms with van der Waals surface area (Å²) >= 11 is 1.77. The van der Waals surface area contributed by atoms with E-state index in [2.05, 4.69) is 43.6 Å². The Labute approximate surface area is 120 Å². The van der Waals surface area contributed by atoms with E-state index in [1.54, 1.807) is 11.3 Å². The maximum absolute atomic E-state index is 10.6. The average molecular weight is 283 g/mol. The lowest BCUT2D eigenvalue weighted by Crippen LogP contribution is -2.47. The van der Waals surface area contributed by atoms with E-state index in [1.165, 1.54) is 4.88 Å². The highest BCUT2D eigenvalue weighted by Gasteiger charge is 2.38. The Bertz CT molecular complexity index is 391. The van der Waals surface area contributed by atoms with Crippen molar-refractivity contribution in [1.29, 1.82) is 0 Å². The van der Waals surface area contributed by atoms with Gasteiger partial charge in [-0.3, -0.25) is 0 Å². The molecule has 1 fully saturated rings. The SMILES string of the molecule is C[C@H](NCC[C@]1(O)CCOC(C)(C)C1)c1cccs1. The van der Waals surface area contributed by atoms with Crippen molar-refractivity contribution in [2.45, 2.75) is 57.3 Å². The monoisotopic (exact) mass is 283 g/mol. The van der Waals surface area contributed by atoms with Gasteiger partial charge in [-0.2, -0.15) is 0 Å². The van der Waals surface area contributed by atoms with E-state index >= 15 is 0 Å². The summed E-state index contributed by atoms with van der Waals surface area (Å²) in [5, 5.41) is 16.2. The molecule has 2 atom stereocenters. The van der Waals surface area contributed by atoms with Gasteiger partial charge in [0.1, 0.15) is 0 Å². The van der Waals surface area contributed by atoms with Crippen LogP contribution >= 0.6 is 11.3 Å². The molecule has 1 aliphatic rings. The Hall–Kier alpha value is -0.420. The average Bonchev–Trinajstić information content (AvgIpc) is 2.80. The lowest BCUT2D eigenvalue weighted by atomic mass is 9.82. The molecule has 4 heteroatoms. The summed E-state index contributed by atoms with van der Waals surface area (Å²) < 4.78 is 5.67. The molecule has 0 aromatic carbocycles. The molecule has 1 aliphatic heterocycles. The van der Waals surface area contributed by atoms with Gasteiger partial charge in [-0.1, -0.05) is 6.07 Å². The van der Waals surface area contributed by atoms with Crippen molar-refractivity contribution in [3.63, 3.8) is 0 Å². The van der Waals surface area contributed by atoms with Crippen LogP contribution in [0.25, 0.3) is 0 Å². The first kappa shape index (κ1) is 15.0. The van der Waals surface area contributed by atoms with Crippen LogP contribution in [0.15, 0.2) is 17.5 Å². The second kappa shape index (κ2) is 5.92. The van der Waals surface area contributed by atoms with Gasteiger partial charge in [0.15, 0.2) is 0 Å². The quantitative estimate of drug-likeness (QED) is 0.872. The summed E-state index contributed by atoms with van der Waals surface area (Å²) in [7, 11) is 0. The van der Waals surface area contributed by atoms with Gasteiger partial charge in [0, 0.05) is 17.3 Å². The predicted octanol–water partition coefficient (Wildman–Crippen LogP) is 3.11. The van der Waals surface area contributed by atoms with Crippen molar-refractivity contribution in [3.05, 3.63) is 22.4 Å². The molecular weight excluding hydrogens is 258 g/mol. The highest BCUT2D eigenvalue weighted by atomic mass is 32.1. The van der Waals surface area contributed by atoms with Gasteiger partial charge in [-0.25, -0.2) is 0 Å². The number of aliphatic hydroxyl groups is 1. The number of thiophene rings is 1. The van der Waals surface area contributed by atoms with Gasteiger partial charge in [-0.05, 0) is 51.6 Å². The van der Waals surface area contributed by atoms with Gasteiger partial charge in [0.05, 0.1) is 17.8 Å². The first-order valence-electron chi connectivity index (χ1n) is 7.03. The van der Waals surface area contributed by atoms with Crippen LogP contribution in [0.3, 0.4) is 0 Å². The molecule has 19 heavy (non-hydrogen) atoms. The van der Waals surface area contributed by atoms with Crippen LogP contribution in [0.2, 0.25) is 0 Å². The predicted molar refractivity (Wildman–Crippen MR) is 79.6 cm³/mol. The molecule has 0 saturated carbocycles. The van der Waals surface area contributed by atoms with Crippen LogP contribution in [0.1, 0.15) is 51.0 Å². The minimum atomic E-state index is -0.579. The minimum Gasteiger partial charge on any atom is -0.390 e. The second-order valence-electron chi connectivity index (χ2n) is 6.20. The molecule has 0 aliphatic carbocycles. The molecule has 2 N–H and O–H groups in total. The van der Waals surface area contributed by atoms with Gasteiger partial charge in [0.25, 0.3) is 0 Å². The lowest BCUT2D eigenvalue weighted by molar-refractivity contribution is -0.146. The zero-order valence-electron chi connectivity index (χ0n) is 12.1. The van der Waals surface area contributed by atoms with Crippen molar-refractivity contribution >= 4 is 11.3 Å². The molecule has 1 saturated heterocycles. The number of hydrogen-bond acceptors (Lipinski definition) is 4. The Morgan fingerprint density at radius 1 is 1.53 bits per heavy atom. The lowest BCUT2D eigenvalue weighted by Gasteiger charge is -2.41. The molecule has 1 aromatic heterocycles. The maximum atomic E-state index is 10.6. The summed E-state index contributed by atoms with van der Waals surface area (Å²) in [6, 6.07) is 4.58. The summed E-state index contributed by atoms with van der Waals surface area (Å²) in [5.41, 5.74) is -0.781. The number of ether oxygens (including phenoxy) is 1. The Morgan fingerprint density at radius 3 is 2.95 bits per heavy atom. The van der Waals surface area contributed by atoms with Gasteiger partial charge >= 0.3 is 0 Å². The smallest absolute Gasteiger partial charge is 0.0709 e. The fourth-order valence-electron chi connectivity index (χ4n) is 2.82. The number of hydrogen-bond donors (Lipinski definition) is 2. The Morgan fingerprint density at radius 2 is 2.32 bits per heavy atom. The van der Waals surface area contributed by atoms with Crippen LogP contribution in [-0.2, 0) is 4.74 Å². The molecule has 2 heterocycles. The molecule has 0 unspecified atom stereocenters. The van der Waals surface area contributed by atoms with E-state index in [9.17, 15) is 5.11 Å². The third kappa shape index (κ3) is 4.28. The molecular formula is C15H25NO2S. The summed E-state index contributed by atoms with van der Waals surface area (Å²) in [6.07, 6.45) is 2.25. The van der Waals surface area contributed by atoms with Crippen LogP contribution in [0.5, 0.6) is 0 Å². The first-order chi connectivity index (χ1) is 8.90. The van der Waals surface area contributed by atoms with E-state index in [1.807, 2.05) is 0 Å². The molecule has 0 radical (unpaired) electrons. The zero-order chi connectivity index (χ0) is 13.9. The largest absolute Gasteiger partial charge is 0.390 e. The fraction of sp³-hybridized carbons (Fsp3) is 0.733. The normalized spacial score (nSPS) is 28.2. The number of rotatable bonds is 5. The standard InChI is InChI=1S/C15H25NO2S/c1-12(13-5-4-10-19-13)16-8-6-15(17)7-9-18-14(2,3)11-15/h4-5,10,12,16-17H,6-9,11H2,1-3H3/t12-,15-/m0/s1. The topological polar surface area (TPSA) is 41.5 Å². The molecule has 0 amide bonds. The van der Waals surface area contributed by atoms with E-state index in [0.29, 0.717) is 12.6 Å². The van der Waals surface area contributed by atoms with Crippen molar-refractivity contribution < 1.29 is 9.84 Å². The molecule has 3 nitrogen and oxygen atoms in total. The van der Waals surface area contributed by atoms with Gasteiger partial charge < -0.3 is 15.2 Å². The Kier molecular flexibility index (Phi) is 4.66. The van der Waals surface area contributed by atoms with E-state index in [0.717, 1.165) is 25.8 Å². The van der Waals surface area contributed by atoms with E-state index in [-0.39, 0.29) is 5.60 Å². The van der Waals surface area contributed by atoms with Crippen LogP contribution in [-0.4, -0.2) is 29.5 Å². The molecule has 2 rings (SSSR count). The maximum Gasteiger partial charge on any atom is 0.0709 e. The number of nitrogens with one attached hydrogen (secondary N) is 1. The van der Waals surface area contributed by atoms with Crippen LogP contribution < -0.4 is 5.32 Å². The highest BCUT2D eigenvalue weighted by molar-refractivity contribution is 7.10. The van der Waals surface area contributed by atoms with Crippen LogP contribution in [0, 0.1) is 0 Å². The molecule has 1 aromatic rings. The van der Waals surface area contributed by atoms with Crippen molar-refractivity contribution in [3.8, 4) is 0 Å². The minimum absolute atomic E-state index is 0.202. The summed E-state index contributed by atoms with van der Waals surface area (Å²) in [5.74, 6) is 0.